The number of pyridine rings is 1. The van der Waals surface area contributed by atoms with Crippen molar-refractivity contribution < 1.29 is 4.74 Å². The van der Waals surface area contributed by atoms with Crippen LogP contribution in [0.5, 0.6) is 5.75 Å². The minimum absolute atomic E-state index is 0.114. The zero-order chi connectivity index (χ0) is 31.4. The van der Waals surface area contributed by atoms with Crippen LogP contribution in [0.25, 0.3) is 22.2 Å². The molecule has 0 amide bonds. The van der Waals surface area contributed by atoms with Crippen LogP contribution in [0.2, 0.25) is 0 Å². The Bertz CT molecular complexity index is 1500. The maximum atomic E-state index is 13.2. The van der Waals surface area contributed by atoms with Crippen LogP contribution in [0.1, 0.15) is 46.6 Å². The van der Waals surface area contributed by atoms with Gasteiger partial charge in [0, 0.05) is 50.4 Å². The molecule has 0 spiro atoms. The largest absolute Gasteiger partial charge is 0.494 e. The minimum atomic E-state index is -0.114. The zero-order valence-corrected chi connectivity index (χ0v) is 27.1. The molecule has 4 aromatic rings. The third kappa shape index (κ3) is 8.45. The number of methoxy groups -OCH3 is 1. The SMILES string of the molecule is CC.CCC.CCc1cccc(-c2cc3cnc(Nc4cc(N)c(N(C)CCN(C)C)cc4OC)nc3n(C)c2=O)c1. The van der Waals surface area contributed by atoms with Crippen LogP contribution in [0, 0.1) is 0 Å². The van der Waals surface area contributed by atoms with Crippen molar-refractivity contribution in [3.05, 3.63) is 64.6 Å². The number of fused-ring (bicyclic) bond motifs is 1. The van der Waals surface area contributed by atoms with E-state index in [2.05, 4.69) is 58.0 Å². The van der Waals surface area contributed by atoms with Gasteiger partial charge in [0.2, 0.25) is 5.95 Å². The van der Waals surface area contributed by atoms with E-state index >= 15 is 0 Å². The number of nitrogens with one attached hydrogen (secondary N) is 1. The maximum absolute atomic E-state index is 13.2. The lowest BCUT2D eigenvalue weighted by Gasteiger charge is -2.24. The van der Waals surface area contributed by atoms with Gasteiger partial charge in [-0.1, -0.05) is 65.3 Å². The van der Waals surface area contributed by atoms with E-state index in [0.717, 1.165) is 36.1 Å². The first-order valence-electron chi connectivity index (χ1n) is 14.7. The lowest BCUT2D eigenvalue weighted by Crippen LogP contribution is -2.29. The number of ether oxygens (including phenoxy) is 1. The summed E-state index contributed by atoms with van der Waals surface area (Å²) < 4.78 is 7.20. The Kier molecular flexibility index (Phi) is 13.3. The standard InChI is InChI=1S/C28H35N7O2.C3H8.C2H6/c1-7-18-9-8-10-19(13-18)21-14-20-17-30-28(32-26(20)35(5)27(21)36)31-23-15-22(29)24(16-25(23)37-6)34(4)12-11-33(2)3;1-3-2;1-2/h8-10,13-17H,7,11-12,29H2,1-6H3,(H,30,31,32);3H2,1-2H3;1-2H3. The number of anilines is 4. The molecule has 2 aromatic carbocycles. The third-order valence-electron chi connectivity index (χ3n) is 6.48. The van der Waals surface area contributed by atoms with Crippen LogP contribution in [0.3, 0.4) is 0 Å². The number of benzene rings is 2. The molecule has 0 saturated heterocycles. The number of hydrogen-bond donors (Lipinski definition) is 2. The van der Waals surface area contributed by atoms with Crippen molar-refractivity contribution in [1.82, 2.24) is 19.4 Å². The summed E-state index contributed by atoms with van der Waals surface area (Å²) in [5, 5.41) is 3.98. The predicted octanol–water partition coefficient (Wildman–Crippen LogP) is 6.33. The number of hydrogen-bond acceptors (Lipinski definition) is 8. The molecule has 0 aliphatic heterocycles. The summed E-state index contributed by atoms with van der Waals surface area (Å²) in [5.74, 6) is 0.958. The Morgan fingerprint density at radius 2 is 1.71 bits per heavy atom. The topological polar surface area (TPSA) is 102 Å². The summed E-state index contributed by atoms with van der Waals surface area (Å²) in [4.78, 5) is 26.6. The molecular formula is C33H49N7O2. The molecular weight excluding hydrogens is 526 g/mol. The highest BCUT2D eigenvalue weighted by Crippen LogP contribution is 2.36. The monoisotopic (exact) mass is 575 g/mol. The highest BCUT2D eigenvalue weighted by molar-refractivity contribution is 5.83. The molecule has 0 fully saturated rings. The van der Waals surface area contributed by atoms with E-state index in [-0.39, 0.29) is 5.56 Å². The highest BCUT2D eigenvalue weighted by atomic mass is 16.5. The van der Waals surface area contributed by atoms with Gasteiger partial charge in [0.05, 0.1) is 24.2 Å². The van der Waals surface area contributed by atoms with E-state index in [0.29, 0.717) is 34.3 Å². The summed E-state index contributed by atoms with van der Waals surface area (Å²) in [5.41, 5.74) is 11.6. The van der Waals surface area contributed by atoms with Crippen molar-refractivity contribution in [2.45, 2.75) is 47.5 Å². The number of nitrogen functional groups attached to an aromatic ring is 1. The van der Waals surface area contributed by atoms with Crippen molar-refractivity contribution in [2.75, 3.05) is 57.3 Å². The van der Waals surface area contributed by atoms with Crippen LogP contribution in [0.15, 0.2) is 53.5 Å². The maximum Gasteiger partial charge on any atom is 0.259 e. The van der Waals surface area contributed by atoms with Crippen LogP contribution < -0.4 is 26.2 Å². The molecule has 0 bridgehead atoms. The van der Waals surface area contributed by atoms with Crippen LogP contribution in [0.4, 0.5) is 23.0 Å². The van der Waals surface area contributed by atoms with Gasteiger partial charge in [-0.3, -0.25) is 9.36 Å². The molecule has 42 heavy (non-hydrogen) atoms. The Labute approximate surface area is 251 Å². The summed E-state index contributed by atoms with van der Waals surface area (Å²) in [6.07, 6.45) is 3.87. The molecule has 0 unspecified atom stereocenters. The van der Waals surface area contributed by atoms with Gasteiger partial charge >= 0.3 is 0 Å². The molecule has 2 heterocycles. The van der Waals surface area contributed by atoms with Gasteiger partial charge in [-0.25, -0.2) is 4.98 Å². The molecule has 3 N–H and O–H groups in total. The predicted molar refractivity (Wildman–Crippen MR) is 179 cm³/mol. The number of nitrogens with two attached hydrogens (primary N) is 1. The second-order valence-corrected chi connectivity index (χ2v) is 10.1. The van der Waals surface area contributed by atoms with Gasteiger partial charge in [-0.05, 0) is 43.8 Å². The lowest BCUT2D eigenvalue weighted by molar-refractivity contribution is 0.413. The second kappa shape index (κ2) is 16.4. The molecule has 4 rings (SSSR count). The number of aromatic nitrogens is 3. The molecule has 0 aliphatic carbocycles. The Balaban J connectivity index is 0.00000116. The fourth-order valence-corrected chi connectivity index (χ4v) is 4.25. The van der Waals surface area contributed by atoms with Crippen LogP contribution >= 0.6 is 0 Å². The Hall–Kier alpha value is -4.11. The van der Waals surface area contributed by atoms with E-state index in [9.17, 15) is 4.79 Å². The van der Waals surface area contributed by atoms with Crippen molar-refractivity contribution >= 4 is 34.0 Å². The fraction of sp³-hybridized carbons (Fsp3) is 0.424. The first-order chi connectivity index (χ1) is 20.1. The van der Waals surface area contributed by atoms with Crippen molar-refractivity contribution in [2.24, 2.45) is 7.05 Å². The van der Waals surface area contributed by atoms with E-state index in [4.69, 9.17) is 10.5 Å². The number of rotatable bonds is 9. The van der Waals surface area contributed by atoms with Gasteiger partial charge < -0.3 is 25.6 Å². The minimum Gasteiger partial charge on any atom is -0.494 e. The first kappa shape index (κ1) is 34.1. The summed E-state index contributed by atoms with van der Waals surface area (Å²) in [7, 11) is 9.41. The van der Waals surface area contributed by atoms with Gasteiger partial charge in [0.15, 0.2) is 0 Å². The Morgan fingerprint density at radius 3 is 2.33 bits per heavy atom. The highest BCUT2D eigenvalue weighted by Gasteiger charge is 2.15. The van der Waals surface area contributed by atoms with E-state index in [1.165, 1.54) is 12.0 Å². The van der Waals surface area contributed by atoms with Gasteiger partial charge in [0.1, 0.15) is 11.4 Å². The first-order valence-corrected chi connectivity index (χ1v) is 14.7. The summed E-state index contributed by atoms with van der Waals surface area (Å²) >= 11 is 0. The molecule has 0 saturated carbocycles. The van der Waals surface area contributed by atoms with Crippen LogP contribution in [-0.4, -0.2) is 60.8 Å². The zero-order valence-electron chi connectivity index (χ0n) is 27.1. The van der Waals surface area contributed by atoms with Crippen molar-refractivity contribution in [1.29, 1.82) is 0 Å². The summed E-state index contributed by atoms with van der Waals surface area (Å²) in [6.45, 7) is 12.1. The van der Waals surface area contributed by atoms with Crippen LogP contribution in [-0.2, 0) is 13.5 Å². The van der Waals surface area contributed by atoms with Gasteiger partial charge in [-0.15, -0.1) is 0 Å². The van der Waals surface area contributed by atoms with Gasteiger partial charge in [0.25, 0.3) is 5.56 Å². The number of aryl methyl sites for hydroxylation is 2. The van der Waals surface area contributed by atoms with Crippen molar-refractivity contribution in [3.63, 3.8) is 0 Å². The molecule has 9 nitrogen and oxygen atoms in total. The average molecular weight is 576 g/mol. The number of likely N-dealkylation sites (N-methyl/N-ethyl adjacent to an activating group) is 2. The normalized spacial score (nSPS) is 10.5. The molecule has 2 aromatic heterocycles. The molecule has 9 heteroatoms. The molecule has 228 valence electrons. The molecule has 0 aliphatic rings. The summed E-state index contributed by atoms with van der Waals surface area (Å²) in [6, 6.07) is 13.6. The second-order valence-electron chi connectivity index (χ2n) is 10.1. The number of nitrogens with zero attached hydrogens (tertiary/aromatic N) is 5. The van der Waals surface area contributed by atoms with E-state index in [1.54, 1.807) is 24.9 Å². The smallest absolute Gasteiger partial charge is 0.259 e. The molecule has 0 atom stereocenters. The third-order valence-corrected chi connectivity index (χ3v) is 6.48. The van der Waals surface area contributed by atoms with E-state index in [1.807, 2.05) is 65.3 Å². The quantitative estimate of drug-likeness (QED) is 0.223. The average Bonchev–Trinajstić information content (AvgIpc) is 2.99. The molecule has 0 radical (unpaired) electrons. The van der Waals surface area contributed by atoms with Gasteiger partial charge in [-0.2, -0.15) is 4.98 Å². The lowest BCUT2D eigenvalue weighted by atomic mass is 10.0. The Morgan fingerprint density at radius 1 is 1.02 bits per heavy atom. The fourth-order valence-electron chi connectivity index (χ4n) is 4.25. The van der Waals surface area contributed by atoms with Crippen molar-refractivity contribution in [3.8, 4) is 16.9 Å². The van der Waals surface area contributed by atoms with E-state index < -0.39 is 0 Å².